The quantitative estimate of drug-likeness (QED) is 0.794. The van der Waals surface area contributed by atoms with E-state index in [0.29, 0.717) is 6.42 Å². The van der Waals surface area contributed by atoms with Crippen molar-refractivity contribution in [1.82, 2.24) is 0 Å². The van der Waals surface area contributed by atoms with Gasteiger partial charge in [-0.15, -0.1) is 0 Å². The number of carbonyl (C=O) groups excluding carboxylic acids is 1. The first-order valence-corrected chi connectivity index (χ1v) is 6.25. The number of aryl methyl sites for hydroxylation is 1. The lowest BCUT2D eigenvalue weighted by atomic mass is 10.1. The Morgan fingerprint density at radius 1 is 1.20 bits per heavy atom. The van der Waals surface area contributed by atoms with Crippen LogP contribution >= 0.6 is 0 Å². The molecule has 0 fully saturated rings. The molecule has 15 heavy (non-hydrogen) atoms. The molecule has 0 heterocycles. The lowest BCUT2D eigenvalue weighted by Crippen LogP contribution is -2.23. The summed E-state index contributed by atoms with van der Waals surface area (Å²) in [6.45, 7) is 0. The van der Waals surface area contributed by atoms with Crippen LogP contribution in [-0.2, 0) is 21.2 Å². The summed E-state index contributed by atoms with van der Waals surface area (Å²) >= 11 is 0. The highest BCUT2D eigenvalue weighted by molar-refractivity contribution is 7.89. The van der Waals surface area contributed by atoms with E-state index >= 15 is 0 Å². The fourth-order valence-electron chi connectivity index (χ4n) is 1.22. The lowest BCUT2D eigenvalue weighted by molar-refractivity contribution is -0.116. The third kappa shape index (κ3) is 5.29. The number of benzene rings is 1. The molecule has 0 saturated carbocycles. The molecule has 0 saturated heterocycles. The van der Waals surface area contributed by atoms with E-state index in [0.717, 1.165) is 5.56 Å². The molecule has 1 rings (SSSR count). The van der Waals surface area contributed by atoms with E-state index in [4.69, 9.17) is 5.14 Å². The van der Waals surface area contributed by atoms with Gasteiger partial charge in [-0.05, 0) is 12.0 Å². The van der Waals surface area contributed by atoms with Crippen LogP contribution in [0.4, 0.5) is 0 Å². The van der Waals surface area contributed by atoms with Crippen LogP contribution in [0.1, 0.15) is 12.0 Å². The van der Waals surface area contributed by atoms with Gasteiger partial charge in [0.25, 0.3) is 0 Å². The third-order valence-electron chi connectivity index (χ3n) is 1.90. The Kier molecular flexibility index (Phi) is 3.99. The van der Waals surface area contributed by atoms with E-state index in [-0.39, 0.29) is 12.2 Å². The minimum Gasteiger partial charge on any atom is -0.299 e. The number of primary sulfonamides is 1. The average molecular weight is 227 g/mol. The van der Waals surface area contributed by atoms with Crippen LogP contribution < -0.4 is 5.14 Å². The largest absolute Gasteiger partial charge is 0.299 e. The van der Waals surface area contributed by atoms with E-state index in [2.05, 4.69) is 0 Å². The summed E-state index contributed by atoms with van der Waals surface area (Å²) in [5.41, 5.74) is 1.01. The summed E-state index contributed by atoms with van der Waals surface area (Å²) in [6.07, 6.45) is 0.760. The number of nitrogens with two attached hydrogens (primary N) is 1. The van der Waals surface area contributed by atoms with E-state index in [1.807, 2.05) is 30.3 Å². The fraction of sp³-hybridized carbons (Fsp3) is 0.300. The van der Waals surface area contributed by atoms with Gasteiger partial charge in [0.1, 0.15) is 11.5 Å². The molecule has 0 atom stereocenters. The number of sulfonamides is 1. The Labute approximate surface area is 89.2 Å². The Balaban J connectivity index is 2.42. The molecule has 4 nitrogen and oxygen atoms in total. The van der Waals surface area contributed by atoms with Crippen molar-refractivity contribution in [2.45, 2.75) is 12.8 Å². The topological polar surface area (TPSA) is 77.2 Å². The van der Waals surface area contributed by atoms with Crippen LogP contribution in [0.3, 0.4) is 0 Å². The second-order valence-electron chi connectivity index (χ2n) is 3.33. The first-order chi connectivity index (χ1) is 6.97. The minimum atomic E-state index is -3.68. The normalized spacial score (nSPS) is 11.3. The third-order valence-corrected chi connectivity index (χ3v) is 2.62. The molecule has 1 aromatic rings. The molecule has 2 N–H and O–H groups in total. The van der Waals surface area contributed by atoms with Crippen molar-refractivity contribution in [2.75, 3.05) is 5.75 Å². The van der Waals surface area contributed by atoms with Gasteiger partial charge in [0, 0.05) is 6.42 Å². The maximum Gasteiger partial charge on any atom is 0.216 e. The first-order valence-electron chi connectivity index (χ1n) is 4.53. The molecule has 0 bridgehead atoms. The van der Waals surface area contributed by atoms with Gasteiger partial charge in [-0.1, -0.05) is 30.3 Å². The monoisotopic (exact) mass is 227 g/mol. The van der Waals surface area contributed by atoms with Crippen LogP contribution in [0.2, 0.25) is 0 Å². The lowest BCUT2D eigenvalue weighted by Gasteiger charge is -2.00. The summed E-state index contributed by atoms with van der Waals surface area (Å²) in [7, 11) is -3.68. The van der Waals surface area contributed by atoms with Gasteiger partial charge in [-0.25, -0.2) is 13.6 Å². The first kappa shape index (κ1) is 11.9. The predicted molar refractivity (Wildman–Crippen MR) is 57.7 cm³/mol. The van der Waals surface area contributed by atoms with Crippen molar-refractivity contribution >= 4 is 15.8 Å². The summed E-state index contributed by atoms with van der Waals surface area (Å²) < 4.78 is 21.2. The molecule has 5 heteroatoms. The molecule has 0 unspecified atom stereocenters. The van der Waals surface area contributed by atoms with Gasteiger partial charge >= 0.3 is 0 Å². The zero-order chi connectivity index (χ0) is 11.3. The molecule has 0 radical (unpaired) electrons. The van der Waals surface area contributed by atoms with Crippen LogP contribution in [0, 0.1) is 0 Å². The van der Waals surface area contributed by atoms with Crippen molar-refractivity contribution in [1.29, 1.82) is 0 Å². The van der Waals surface area contributed by atoms with E-state index in [1.165, 1.54) is 0 Å². The number of ketones is 1. The second-order valence-corrected chi connectivity index (χ2v) is 4.95. The molecule has 0 aliphatic heterocycles. The Morgan fingerprint density at radius 3 is 2.33 bits per heavy atom. The van der Waals surface area contributed by atoms with Gasteiger partial charge < -0.3 is 0 Å². The summed E-state index contributed by atoms with van der Waals surface area (Å²) in [5, 5.41) is 4.76. The molecule has 0 aliphatic carbocycles. The Bertz CT molecular complexity index is 425. The van der Waals surface area contributed by atoms with Crippen molar-refractivity contribution in [3.63, 3.8) is 0 Å². The molecular weight excluding hydrogens is 214 g/mol. The smallest absolute Gasteiger partial charge is 0.216 e. The maximum absolute atomic E-state index is 11.2. The highest BCUT2D eigenvalue weighted by Crippen LogP contribution is 2.03. The van der Waals surface area contributed by atoms with Crippen molar-refractivity contribution in [3.05, 3.63) is 35.9 Å². The standard InChI is InChI=1S/C10H13NO3S/c11-15(13,14)8-10(12)7-6-9-4-2-1-3-5-9/h1-5H,6-8H2,(H2,11,13,14). The predicted octanol–water partition coefficient (Wildman–Crippen LogP) is 0.477. The van der Waals surface area contributed by atoms with E-state index in [9.17, 15) is 13.2 Å². The van der Waals surface area contributed by atoms with Crippen LogP contribution in [0.15, 0.2) is 30.3 Å². The molecule has 0 amide bonds. The molecular formula is C10H13NO3S. The minimum absolute atomic E-state index is 0.209. The van der Waals surface area contributed by atoms with E-state index < -0.39 is 15.8 Å². The average Bonchev–Trinajstić information content (AvgIpc) is 2.14. The summed E-state index contributed by atoms with van der Waals surface area (Å²) in [6, 6.07) is 9.42. The molecule has 0 spiro atoms. The number of rotatable bonds is 5. The van der Waals surface area contributed by atoms with Gasteiger partial charge in [0.05, 0.1) is 0 Å². The number of carbonyl (C=O) groups is 1. The Hall–Kier alpha value is -1.20. The summed E-state index contributed by atoms with van der Waals surface area (Å²) in [4.78, 5) is 11.2. The van der Waals surface area contributed by atoms with Crippen LogP contribution in [-0.4, -0.2) is 20.0 Å². The maximum atomic E-state index is 11.2. The van der Waals surface area contributed by atoms with Crippen molar-refractivity contribution in [2.24, 2.45) is 5.14 Å². The zero-order valence-corrected chi connectivity index (χ0v) is 9.03. The van der Waals surface area contributed by atoms with Gasteiger partial charge in [-0.2, -0.15) is 0 Å². The van der Waals surface area contributed by atoms with Gasteiger partial charge in [0.15, 0.2) is 0 Å². The second kappa shape index (κ2) is 5.04. The number of hydrogen-bond acceptors (Lipinski definition) is 3. The van der Waals surface area contributed by atoms with Crippen LogP contribution in [0.25, 0.3) is 0 Å². The molecule has 82 valence electrons. The van der Waals surface area contributed by atoms with Gasteiger partial charge in [0.2, 0.25) is 10.0 Å². The highest BCUT2D eigenvalue weighted by Gasteiger charge is 2.10. The van der Waals surface area contributed by atoms with Crippen molar-refractivity contribution < 1.29 is 13.2 Å². The van der Waals surface area contributed by atoms with Gasteiger partial charge in [-0.3, -0.25) is 4.79 Å². The zero-order valence-electron chi connectivity index (χ0n) is 8.22. The SMILES string of the molecule is NS(=O)(=O)CC(=O)CCc1ccccc1. The molecule has 1 aromatic carbocycles. The summed E-state index contributed by atoms with van der Waals surface area (Å²) in [5.74, 6) is -0.916. The van der Waals surface area contributed by atoms with Crippen molar-refractivity contribution in [3.8, 4) is 0 Å². The molecule has 0 aliphatic rings. The Morgan fingerprint density at radius 2 is 1.80 bits per heavy atom. The van der Waals surface area contributed by atoms with E-state index in [1.54, 1.807) is 0 Å². The highest BCUT2D eigenvalue weighted by atomic mass is 32.2. The number of hydrogen-bond donors (Lipinski definition) is 1. The number of Topliss-reactive ketones (excluding diaryl/α,β-unsaturated/α-hetero) is 1. The van der Waals surface area contributed by atoms with Crippen LogP contribution in [0.5, 0.6) is 0 Å². The fourth-order valence-corrected chi connectivity index (χ4v) is 1.82. The molecule has 0 aromatic heterocycles.